The Hall–Kier alpha value is -2.15. The van der Waals surface area contributed by atoms with E-state index in [1.54, 1.807) is 12.1 Å². The molecule has 0 bridgehead atoms. The van der Waals surface area contributed by atoms with Gasteiger partial charge in [0.2, 0.25) is 0 Å². The molecule has 2 aromatic carbocycles. The molecule has 0 radical (unpaired) electrons. The number of ether oxygens (including phenoxy) is 1. The van der Waals surface area contributed by atoms with Gasteiger partial charge < -0.3 is 4.74 Å². The number of sulfonamides is 1. The monoisotopic (exact) mass is 353 g/mol. The van der Waals surface area contributed by atoms with Crippen LogP contribution in [0.25, 0.3) is 0 Å². The largest absolute Gasteiger partial charge is 0.435 e. The number of aryl methyl sites for hydroxylation is 2. The molecule has 1 N–H and O–H groups in total. The fourth-order valence-electron chi connectivity index (χ4n) is 2.80. The average molecular weight is 353 g/mol. The summed E-state index contributed by atoms with van der Waals surface area (Å²) in [5.41, 5.74) is 2.56. The number of alkyl halides is 2. The van der Waals surface area contributed by atoms with Crippen molar-refractivity contribution in [1.29, 1.82) is 0 Å². The molecule has 0 saturated heterocycles. The lowest BCUT2D eigenvalue weighted by atomic mass is 9.92. The van der Waals surface area contributed by atoms with Crippen molar-refractivity contribution in [3.63, 3.8) is 0 Å². The van der Waals surface area contributed by atoms with Gasteiger partial charge in [-0.15, -0.1) is 0 Å². The lowest BCUT2D eigenvalue weighted by Gasteiger charge is -2.17. The number of anilines is 1. The molecule has 0 saturated carbocycles. The second-order valence-electron chi connectivity index (χ2n) is 5.65. The number of rotatable bonds is 5. The Morgan fingerprint density at radius 2 is 1.62 bits per heavy atom. The predicted molar refractivity (Wildman–Crippen MR) is 87.0 cm³/mol. The average Bonchev–Trinajstić information content (AvgIpc) is 2.55. The maximum atomic E-state index is 12.5. The zero-order chi connectivity index (χ0) is 17.2. The number of nitrogens with one attached hydrogen (secondary N) is 1. The van der Waals surface area contributed by atoms with Crippen LogP contribution in [0, 0.1) is 0 Å². The summed E-state index contributed by atoms with van der Waals surface area (Å²) >= 11 is 0. The van der Waals surface area contributed by atoms with Gasteiger partial charge in [-0.1, -0.05) is 6.07 Å². The van der Waals surface area contributed by atoms with Gasteiger partial charge in [-0.05, 0) is 73.2 Å². The molecule has 24 heavy (non-hydrogen) atoms. The van der Waals surface area contributed by atoms with Crippen LogP contribution in [0.15, 0.2) is 47.4 Å². The summed E-state index contributed by atoms with van der Waals surface area (Å²) in [6.07, 6.45) is 4.06. The van der Waals surface area contributed by atoms with E-state index in [0.717, 1.165) is 31.2 Å². The third kappa shape index (κ3) is 3.84. The molecule has 0 heterocycles. The fourth-order valence-corrected chi connectivity index (χ4v) is 3.90. The van der Waals surface area contributed by atoms with E-state index >= 15 is 0 Å². The molecule has 0 unspecified atom stereocenters. The van der Waals surface area contributed by atoms with Crippen molar-refractivity contribution in [3.8, 4) is 5.75 Å². The van der Waals surface area contributed by atoms with E-state index in [0.29, 0.717) is 0 Å². The van der Waals surface area contributed by atoms with Gasteiger partial charge in [0.25, 0.3) is 10.0 Å². The standard InChI is InChI=1S/C17H17F2NO3S/c18-17(19)23-15-8-6-14(7-9-15)20-24(21,22)16-10-5-12-3-1-2-4-13(12)11-16/h5-11,17,20H,1-4H2. The third-order valence-electron chi connectivity index (χ3n) is 3.96. The molecule has 0 atom stereocenters. The maximum absolute atomic E-state index is 12.5. The minimum atomic E-state index is -3.72. The van der Waals surface area contributed by atoms with Crippen molar-refractivity contribution in [3.05, 3.63) is 53.6 Å². The highest BCUT2D eigenvalue weighted by atomic mass is 32.2. The van der Waals surface area contributed by atoms with Crippen LogP contribution in [0.5, 0.6) is 5.75 Å². The SMILES string of the molecule is O=S(=O)(Nc1ccc(OC(F)F)cc1)c1ccc2c(c1)CCCC2. The highest BCUT2D eigenvalue weighted by Gasteiger charge is 2.18. The maximum Gasteiger partial charge on any atom is 0.387 e. The van der Waals surface area contributed by atoms with Gasteiger partial charge in [0.1, 0.15) is 5.75 Å². The van der Waals surface area contributed by atoms with Gasteiger partial charge in [-0.3, -0.25) is 4.72 Å². The van der Waals surface area contributed by atoms with Gasteiger partial charge in [-0.2, -0.15) is 8.78 Å². The van der Waals surface area contributed by atoms with E-state index in [-0.39, 0.29) is 16.3 Å². The first-order valence-corrected chi connectivity index (χ1v) is 9.12. The predicted octanol–water partition coefficient (Wildman–Crippen LogP) is 3.97. The van der Waals surface area contributed by atoms with Crippen LogP contribution in [0.3, 0.4) is 0 Å². The van der Waals surface area contributed by atoms with Crippen molar-refractivity contribution >= 4 is 15.7 Å². The molecule has 0 aromatic heterocycles. The molecule has 7 heteroatoms. The van der Waals surface area contributed by atoms with Crippen LogP contribution in [0.1, 0.15) is 24.0 Å². The van der Waals surface area contributed by atoms with Crippen molar-refractivity contribution in [1.82, 2.24) is 0 Å². The van der Waals surface area contributed by atoms with E-state index in [4.69, 9.17) is 0 Å². The minimum absolute atomic E-state index is 0.0262. The summed E-state index contributed by atoms with van der Waals surface area (Å²) in [6.45, 7) is -2.91. The van der Waals surface area contributed by atoms with Crippen LogP contribution < -0.4 is 9.46 Å². The van der Waals surface area contributed by atoms with Crippen LogP contribution in [-0.4, -0.2) is 15.0 Å². The van der Waals surface area contributed by atoms with Crippen LogP contribution in [0.4, 0.5) is 14.5 Å². The first-order chi connectivity index (χ1) is 11.4. The second-order valence-corrected chi connectivity index (χ2v) is 7.33. The summed E-state index contributed by atoms with van der Waals surface area (Å²) < 4.78 is 55.9. The number of fused-ring (bicyclic) bond motifs is 1. The number of hydrogen-bond donors (Lipinski definition) is 1. The van der Waals surface area contributed by atoms with Crippen molar-refractivity contribution in [2.75, 3.05) is 4.72 Å². The molecule has 0 aliphatic heterocycles. The van der Waals surface area contributed by atoms with Gasteiger partial charge in [0, 0.05) is 5.69 Å². The summed E-state index contributed by atoms with van der Waals surface area (Å²) in [5, 5.41) is 0. The van der Waals surface area contributed by atoms with E-state index in [2.05, 4.69) is 9.46 Å². The van der Waals surface area contributed by atoms with E-state index in [9.17, 15) is 17.2 Å². The molecule has 2 aromatic rings. The van der Waals surface area contributed by atoms with Gasteiger partial charge in [0.05, 0.1) is 4.90 Å². The highest BCUT2D eigenvalue weighted by molar-refractivity contribution is 7.92. The molecule has 0 fully saturated rings. The van der Waals surface area contributed by atoms with E-state index in [1.807, 2.05) is 6.07 Å². The van der Waals surface area contributed by atoms with Gasteiger partial charge >= 0.3 is 6.61 Å². The lowest BCUT2D eigenvalue weighted by molar-refractivity contribution is -0.0498. The molecule has 128 valence electrons. The summed E-state index contributed by atoms with van der Waals surface area (Å²) in [7, 11) is -3.72. The molecular formula is C17H17F2NO3S. The van der Waals surface area contributed by atoms with Crippen LogP contribution in [-0.2, 0) is 22.9 Å². The first kappa shape index (κ1) is 16.7. The van der Waals surface area contributed by atoms with Crippen LogP contribution >= 0.6 is 0 Å². The highest BCUT2D eigenvalue weighted by Crippen LogP contribution is 2.26. The molecule has 1 aliphatic carbocycles. The Morgan fingerprint density at radius 3 is 2.29 bits per heavy atom. The Bertz CT molecular complexity index is 820. The number of hydrogen-bond acceptors (Lipinski definition) is 3. The summed E-state index contributed by atoms with van der Waals surface area (Å²) in [6, 6.07) is 10.5. The zero-order valence-electron chi connectivity index (χ0n) is 12.8. The van der Waals surface area contributed by atoms with Crippen LogP contribution in [0.2, 0.25) is 0 Å². The summed E-state index contributed by atoms with van der Waals surface area (Å²) in [5.74, 6) is -0.0262. The minimum Gasteiger partial charge on any atom is -0.435 e. The molecule has 4 nitrogen and oxygen atoms in total. The van der Waals surface area contributed by atoms with Gasteiger partial charge in [0.15, 0.2) is 0 Å². The van der Waals surface area contributed by atoms with Crippen molar-refractivity contribution in [2.24, 2.45) is 0 Å². The normalized spacial score (nSPS) is 14.3. The third-order valence-corrected chi connectivity index (χ3v) is 5.34. The Morgan fingerprint density at radius 1 is 0.958 bits per heavy atom. The Labute approximate surface area is 139 Å². The molecule has 3 rings (SSSR count). The Kier molecular flexibility index (Phi) is 4.71. The molecular weight excluding hydrogens is 336 g/mol. The zero-order valence-corrected chi connectivity index (χ0v) is 13.7. The van der Waals surface area contributed by atoms with Crippen molar-refractivity contribution in [2.45, 2.75) is 37.2 Å². The topological polar surface area (TPSA) is 55.4 Å². The lowest BCUT2D eigenvalue weighted by Crippen LogP contribution is -2.14. The quantitative estimate of drug-likeness (QED) is 0.885. The van der Waals surface area contributed by atoms with E-state index in [1.165, 1.54) is 29.8 Å². The number of halogens is 2. The first-order valence-electron chi connectivity index (χ1n) is 7.63. The molecule has 1 aliphatic rings. The fraction of sp³-hybridized carbons (Fsp3) is 0.294. The van der Waals surface area contributed by atoms with Crippen molar-refractivity contribution < 1.29 is 21.9 Å². The summed E-state index contributed by atoms with van der Waals surface area (Å²) in [4.78, 5) is 0.205. The number of benzene rings is 2. The smallest absolute Gasteiger partial charge is 0.387 e. The molecule has 0 amide bonds. The molecule has 0 spiro atoms. The van der Waals surface area contributed by atoms with E-state index < -0.39 is 16.6 Å². The second kappa shape index (κ2) is 6.76. The van der Waals surface area contributed by atoms with Gasteiger partial charge in [-0.25, -0.2) is 8.42 Å². The Balaban J connectivity index is 1.78.